The first-order chi connectivity index (χ1) is 13.5. The normalized spacial score (nSPS) is 34.8. The summed E-state index contributed by atoms with van der Waals surface area (Å²) in [5, 5.41) is 0. The van der Waals surface area contributed by atoms with Gasteiger partial charge in [0, 0.05) is 17.2 Å². The van der Waals surface area contributed by atoms with Crippen molar-refractivity contribution in [3.63, 3.8) is 0 Å². The zero-order chi connectivity index (χ0) is 19.1. The average Bonchev–Trinajstić information content (AvgIpc) is 3.34. The summed E-state index contributed by atoms with van der Waals surface area (Å²) in [6.45, 7) is 7.08. The largest absolute Gasteiger partial charge is 0.334 e. The average molecular weight is 367 g/mol. The van der Waals surface area contributed by atoms with E-state index in [4.69, 9.17) is 4.74 Å². The molecule has 0 N–H and O–H groups in total. The van der Waals surface area contributed by atoms with Crippen molar-refractivity contribution < 1.29 is 4.74 Å². The Morgan fingerprint density at radius 1 is 0.714 bits per heavy atom. The van der Waals surface area contributed by atoms with Crippen molar-refractivity contribution in [2.24, 2.45) is 5.41 Å². The van der Waals surface area contributed by atoms with E-state index in [9.17, 15) is 0 Å². The Kier molecular flexibility index (Phi) is 3.03. The maximum Gasteiger partial charge on any atom is 0.176 e. The Bertz CT molecular complexity index is 976. The van der Waals surface area contributed by atoms with Gasteiger partial charge < -0.3 is 4.74 Å². The zero-order valence-electron chi connectivity index (χ0n) is 16.6. The molecule has 0 radical (unpaired) electrons. The van der Waals surface area contributed by atoms with E-state index in [1.807, 2.05) is 0 Å². The van der Waals surface area contributed by atoms with Crippen LogP contribution >= 0.6 is 0 Å². The van der Waals surface area contributed by atoms with Crippen LogP contribution in [0, 0.1) is 5.41 Å². The Morgan fingerprint density at radius 3 is 1.86 bits per heavy atom. The summed E-state index contributed by atoms with van der Waals surface area (Å²) in [4.78, 5) is 2.64. The van der Waals surface area contributed by atoms with Crippen LogP contribution in [0.3, 0.4) is 0 Å². The highest BCUT2D eigenvalue weighted by atomic mass is 16.6. The Hall–Kier alpha value is -2.42. The van der Waals surface area contributed by atoms with Crippen LogP contribution in [0.15, 0.2) is 84.9 Å². The molecule has 2 fully saturated rings. The molecule has 0 spiro atoms. The monoisotopic (exact) mass is 367 g/mol. The van der Waals surface area contributed by atoms with E-state index >= 15 is 0 Å². The van der Waals surface area contributed by atoms with Gasteiger partial charge in [0.2, 0.25) is 0 Å². The van der Waals surface area contributed by atoms with Crippen LogP contribution in [0.1, 0.15) is 43.0 Å². The topological polar surface area (TPSA) is 12.2 Å². The Labute approximate surface area is 166 Å². The van der Waals surface area contributed by atoms with Gasteiger partial charge in [-0.3, -0.25) is 4.90 Å². The van der Waals surface area contributed by atoms with E-state index in [0.29, 0.717) is 12.1 Å². The van der Waals surface area contributed by atoms with Crippen LogP contribution in [0.4, 0.5) is 0 Å². The van der Waals surface area contributed by atoms with E-state index in [1.54, 1.807) is 0 Å². The SMILES string of the molecule is CC(C)(C)C1C2N1C1(c3ccccc3)OC2(c2ccccc2)c2ccccc21. The minimum atomic E-state index is -0.504. The lowest BCUT2D eigenvalue weighted by Crippen LogP contribution is -2.40. The molecular formula is C26H25NO. The fourth-order valence-corrected chi connectivity index (χ4v) is 5.89. The van der Waals surface area contributed by atoms with Crippen molar-refractivity contribution in [3.8, 4) is 0 Å². The summed E-state index contributed by atoms with van der Waals surface area (Å²) in [5.41, 5.74) is 4.39. The van der Waals surface area contributed by atoms with Gasteiger partial charge in [0.1, 0.15) is 5.60 Å². The first-order valence-corrected chi connectivity index (χ1v) is 10.2. The maximum atomic E-state index is 7.20. The number of ether oxygens (including phenoxy) is 1. The van der Waals surface area contributed by atoms with E-state index in [0.717, 1.165) is 0 Å². The highest BCUT2D eigenvalue weighted by molar-refractivity contribution is 5.60. The summed E-state index contributed by atoms with van der Waals surface area (Å²) >= 11 is 0. The number of rotatable bonds is 2. The smallest absolute Gasteiger partial charge is 0.176 e. The lowest BCUT2D eigenvalue weighted by Gasteiger charge is -2.35. The number of hydrogen-bond acceptors (Lipinski definition) is 2. The first-order valence-electron chi connectivity index (χ1n) is 10.2. The minimum Gasteiger partial charge on any atom is -0.334 e. The van der Waals surface area contributed by atoms with E-state index < -0.39 is 11.3 Å². The fraction of sp³-hybridized carbons (Fsp3) is 0.308. The van der Waals surface area contributed by atoms with Gasteiger partial charge in [0.05, 0.1) is 6.04 Å². The third-order valence-electron chi connectivity index (χ3n) is 6.84. The van der Waals surface area contributed by atoms with Gasteiger partial charge in [-0.25, -0.2) is 0 Å². The lowest BCUT2D eigenvalue weighted by atomic mass is 9.76. The molecule has 2 bridgehead atoms. The quantitative estimate of drug-likeness (QED) is 0.572. The molecule has 0 aromatic heterocycles. The molecule has 28 heavy (non-hydrogen) atoms. The lowest BCUT2D eigenvalue weighted by molar-refractivity contribution is -0.104. The van der Waals surface area contributed by atoms with E-state index in [-0.39, 0.29) is 5.41 Å². The first kappa shape index (κ1) is 16.5. The molecule has 6 rings (SSSR count). The number of benzene rings is 3. The van der Waals surface area contributed by atoms with Crippen LogP contribution < -0.4 is 0 Å². The molecule has 3 aliphatic rings. The Balaban J connectivity index is 1.68. The van der Waals surface area contributed by atoms with E-state index in [2.05, 4.69) is 111 Å². The standard InChI is InChI=1S/C26H25NO/c1-24(2,3)22-23-25(18-12-6-4-7-13-18)20-16-10-11-17-21(20)26(28-25,27(22)23)19-14-8-5-9-15-19/h4-17,22-23H,1-3H3. The molecule has 5 atom stereocenters. The van der Waals surface area contributed by atoms with Crippen molar-refractivity contribution >= 4 is 0 Å². The third kappa shape index (κ3) is 1.76. The van der Waals surface area contributed by atoms with E-state index in [1.165, 1.54) is 22.3 Å². The van der Waals surface area contributed by atoms with Crippen molar-refractivity contribution in [2.45, 2.75) is 44.2 Å². The second kappa shape index (κ2) is 5.14. The van der Waals surface area contributed by atoms with Crippen molar-refractivity contribution in [2.75, 3.05) is 0 Å². The second-order valence-electron chi connectivity index (χ2n) is 9.42. The van der Waals surface area contributed by atoms with Crippen LogP contribution in [0.2, 0.25) is 0 Å². The molecule has 3 aliphatic heterocycles. The summed E-state index contributed by atoms with van der Waals surface area (Å²) in [6.07, 6.45) is 0. The van der Waals surface area contributed by atoms with Crippen molar-refractivity contribution in [1.82, 2.24) is 4.90 Å². The Morgan fingerprint density at radius 2 is 1.25 bits per heavy atom. The van der Waals surface area contributed by atoms with Crippen LogP contribution in [0.5, 0.6) is 0 Å². The molecule has 0 saturated carbocycles. The summed E-state index contributed by atoms with van der Waals surface area (Å²) < 4.78 is 7.20. The second-order valence-corrected chi connectivity index (χ2v) is 9.42. The molecule has 0 amide bonds. The predicted molar refractivity (Wildman–Crippen MR) is 111 cm³/mol. The van der Waals surface area contributed by atoms with Crippen molar-refractivity contribution in [1.29, 1.82) is 0 Å². The molecular weight excluding hydrogens is 342 g/mol. The highest BCUT2D eigenvalue weighted by Gasteiger charge is 2.82. The molecule has 140 valence electrons. The van der Waals surface area contributed by atoms with Gasteiger partial charge in [0.15, 0.2) is 5.72 Å². The predicted octanol–water partition coefficient (Wildman–Crippen LogP) is 5.27. The fourth-order valence-electron chi connectivity index (χ4n) is 5.89. The molecule has 0 aliphatic carbocycles. The van der Waals surface area contributed by atoms with Gasteiger partial charge in [-0.1, -0.05) is 106 Å². The minimum absolute atomic E-state index is 0.177. The van der Waals surface area contributed by atoms with Gasteiger partial charge in [-0.15, -0.1) is 0 Å². The number of fused-ring (bicyclic) bond motifs is 8. The summed E-state index contributed by atoms with van der Waals surface area (Å²) in [6, 6.07) is 31.3. The third-order valence-corrected chi connectivity index (χ3v) is 6.84. The molecule has 3 aromatic carbocycles. The van der Waals surface area contributed by atoms with Gasteiger partial charge in [0.25, 0.3) is 0 Å². The van der Waals surface area contributed by atoms with Gasteiger partial charge >= 0.3 is 0 Å². The molecule has 3 aromatic rings. The van der Waals surface area contributed by atoms with Gasteiger partial charge in [-0.05, 0) is 16.5 Å². The van der Waals surface area contributed by atoms with Gasteiger partial charge in [-0.2, -0.15) is 0 Å². The van der Waals surface area contributed by atoms with Crippen LogP contribution in [-0.4, -0.2) is 17.0 Å². The molecule has 2 heteroatoms. The maximum absolute atomic E-state index is 7.20. The highest BCUT2D eigenvalue weighted by Crippen LogP contribution is 2.73. The molecule has 2 nitrogen and oxygen atoms in total. The molecule has 2 saturated heterocycles. The van der Waals surface area contributed by atoms with Crippen LogP contribution in [-0.2, 0) is 16.1 Å². The van der Waals surface area contributed by atoms with Crippen molar-refractivity contribution in [3.05, 3.63) is 107 Å². The zero-order valence-corrected chi connectivity index (χ0v) is 16.6. The van der Waals surface area contributed by atoms with Crippen LogP contribution in [0.25, 0.3) is 0 Å². The summed E-state index contributed by atoms with van der Waals surface area (Å²) in [7, 11) is 0. The molecule has 3 heterocycles. The number of hydrogen-bond donors (Lipinski definition) is 0. The summed E-state index contributed by atoms with van der Waals surface area (Å²) in [5.74, 6) is 0. The molecule has 5 unspecified atom stereocenters. The number of nitrogens with zero attached hydrogens (tertiary/aromatic N) is 1.